The Labute approximate surface area is 800 Å². The Bertz CT molecular complexity index is 3060. The van der Waals surface area contributed by atoms with E-state index in [4.69, 9.17) is 54.7 Å². The van der Waals surface area contributed by atoms with Crippen LogP contribution in [0, 0.1) is 0 Å². The number of esters is 10. The number of ether oxygens (including phenoxy) is 10. The Balaban J connectivity index is -0.000000289. The van der Waals surface area contributed by atoms with Gasteiger partial charge in [0.2, 0.25) is 0 Å². The number of carboxylic acid groups (broad SMARTS) is 7. The number of carboxylic acids is 7. The molecule has 0 aliphatic carbocycles. The van der Waals surface area contributed by atoms with Crippen LogP contribution in [0.2, 0.25) is 0 Å². The highest BCUT2D eigenvalue weighted by Gasteiger charge is 2.28. The summed E-state index contributed by atoms with van der Waals surface area (Å²) in [7, 11) is 0. The minimum atomic E-state index is -1.26. The minimum Gasteiger partial charge on any atom is -0.479 e. The summed E-state index contributed by atoms with van der Waals surface area (Å²) in [5, 5.41) is 59.6. The average molecular weight is 1930 g/mol. The molecule has 34 heteroatoms. The van der Waals surface area contributed by atoms with Gasteiger partial charge >= 0.3 is 101 Å². The third-order valence-electron chi connectivity index (χ3n) is 20.5. The molecule has 10 unspecified atom stereocenters. The molecule has 0 heterocycles. The lowest BCUT2D eigenvalue weighted by Gasteiger charge is -2.14. The Hall–Kier alpha value is -9.01. The van der Waals surface area contributed by atoms with Crippen molar-refractivity contribution in [2.24, 2.45) is 0 Å². The van der Waals surface area contributed by atoms with Crippen LogP contribution in [-0.2, 0) is 129 Å². The largest absolute Gasteiger partial charge is 0.479 e. The zero-order valence-electron chi connectivity index (χ0n) is 85.0. The number of unbranched alkanes of at least 4 members (excludes halogenated alkanes) is 46. The second-order valence-electron chi connectivity index (χ2n) is 33.8. The van der Waals surface area contributed by atoms with Gasteiger partial charge in [0.15, 0.2) is 61.0 Å². The highest BCUT2D eigenvalue weighted by molar-refractivity contribution is 5.84. The van der Waals surface area contributed by atoms with Crippen LogP contribution < -0.4 is 0 Å². The Morgan fingerprint density at radius 1 is 0.157 bits per heavy atom. The fourth-order valence-electron chi connectivity index (χ4n) is 12.0. The molecular formula is C100H180O34. The molecule has 0 fully saturated rings. The predicted molar refractivity (Wildman–Crippen MR) is 507 cm³/mol. The van der Waals surface area contributed by atoms with E-state index in [-0.39, 0.29) is 12.8 Å². The first-order valence-electron chi connectivity index (χ1n) is 49.9. The van der Waals surface area contributed by atoms with E-state index in [1.54, 1.807) is 0 Å². The van der Waals surface area contributed by atoms with E-state index >= 15 is 0 Å². The van der Waals surface area contributed by atoms with Crippen LogP contribution in [-0.4, -0.2) is 198 Å². The molecule has 7 N–H and O–H groups in total. The summed E-state index contributed by atoms with van der Waals surface area (Å²) >= 11 is 0. The molecule has 0 spiro atoms. The molecule has 0 aromatic heterocycles. The smallest absolute Gasteiger partial charge is 0.347 e. The van der Waals surface area contributed by atoms with Gasteiger partial charge in [-0.2, -0.15) is 0 Å². The van der Waals surface area contributed by atoms with E-state index in [0.29, 0.717) is 19.3 Å². The average Bonchev–Trinajstić information content (AvgIpc) is 0.926. The van der Waals surface area contributed by atoms with E-state index in [9.17, 15) is 81.5 Å². The third-order valence-corrected chi connectivity index (χ3v) is 20.5. The normalized spacial score (nSPS) is 12.7. The molecule has 784 valence electrons. The van der Waals surface area contributed by atoms with Crippen LogP contribution in [0.25, 0.3) is 0 Å². The fraction of sp³-hybridized carbons (Fsp3) is 0.830. The lowest BCUT2D eigenvalue weighted by atomic mass is 10.0. The van der Waals surface area contributed by atoms with Crippen LogP contribution in [0.15, 0.2) is 0 Å². The summed E-state index contributed by atoms with van der Waals surface area (Å²) in [6.07, 6.45) is 52.4. The number of hydrogen-bond donors (Lipinski definition) is 7. The van der Waals surface area contributed by atoms with Gasteiger partial charge < -0.3 is 83.1 Å². The molecule has 0 amide bonds. The molecule has 0 aromatic rings. The zero-order valence-corrected chi connectivity index (χ0v) is 85.0. The van der Waals surface area contributed by atoms with Crippen LogP contribution in [0.4, 0.5) is 0 Å². The Morgan fingerprint density at radius 3 is 0.403 bits per heavy atom. The molecule has 0 bridgehead atoms. The van der Waals surface area contributed by atoms with E-state index in [2.05, 4.69) is 56.1 Å². The van der Waals surface area contributed by atoms with Crippen LogP contribution in [0.1, 0.15) is 477 Å². The molecule has 0 aliphatic rings. The number of hydrogen-bond acceptors (Lipinski definition) is 27. The molecule has 0 saturated carbocycles. The Morgan fingerprint density at radius 2 is 0.261 bits per heavy atom. The van der Waals surface area contributed by atoms with Crippen LogP contribution >= 0.6 is 0 Å². The van der Waals surface area contributed by atoms with Crippen molar-refractivity contribution in [2.45, 2.75) is 538 Å². The van der Waals surface area contributed by atoms with Crippen molar-refractivity contribution in [3.8, 4) is 0 Å². The lowest BCUT2D eigenvalue weighted by Crippen LogP contribution is -2.32. The summed E-state index contributed by atoms with van der Waals surface area (Å²) in [5.74, 6) is -14.1. The van der Waals surface area contributed by atoms with Crippen molar-refractivity contribution in [1.82, 2.24) is 0 Å². The maximum Gasteiger partial charge on any atom is 0.347 e. The summed E-state index contributed by atoms with van der Waals surface area (Å²) in [4.78, 5) is 185. The number of carbonyl (C=O) groups excluding carboxylic acids is 10. The second-order valence-corrected chi connectivity index (χ2v) is 33.8. The first-order valence-corrected chi connectivity index (χ1v) is 49.9. The molecule has 10 atom stereocenters. The lowest BCUT2D eigenvalue weighted by molar-refractivity contribution is -0.175. The van der Waals surface area contributed by atoms with Gasteiger partial charge in [0.25, 0.3) is 0 Å². The maximum atomic E-state index is 11.8. The maximum absolute atomic E-state index is 11.8. The summed E-state index contributed by atoms with van der Waals surface area (Å²) in [6, 6.07) is 0. The highest BCUT2D eigenvalue weighted by atomic mass is 16.6. The summed E-state index contributed by atoms with van der Waals surface area (Å²) in [5.41, 5.74) is 0. The van der Waals surface area contributed by atoms with Gasteiger partial charge in [-0.1, -0.05) is 330 Å². The number of carbonyl (C=O) groups is 17. The molecule has 134 heavy (non-hydrogen) atoms. The first-order chi connectivity index (χ1) is 63.4. The molecule has 0 aliphatic heterocycles. The quantitative estimate of drug-likeness (QED) is 0.0169. The van der Waals surface area contributed by atoms with Crippen LogP contribution in [0.3, 0.4) is 0 Å². The molecule has 0 saturated heterocycles. The van der Waals surface area contributed by atoms with Crippen molar-refractivity contribution >= 4 is 101 Å². The van der Waals surface area contributed by atoms with Crippen molar-refractivity contribution in [2.75, 3.05) is 0 Å². The van der Waals surface area contributed by atoms with E-state index in [1.807, 2.05) is 6.92 Å². The summed E-state index contributed by atoms with van der Waals surface area (Å²) < 4.78 is 46.7. The first kappa shape index (κ1) is 138. The molecule has 0 rings (SSSR count). The molecule has 34 nitrogen and oxygen atoms in total. The monoisotopic (exact) mass is 1930 g/mol. The highest BCUT2D eigenvalue weighted by Crippen LogP contribution is 2.19. The minimum absolute atomic E-state index is 0.266. The van der Waals surface area contributed by atoms with Gasteiger partial charge in [0.1, 0.15) is 0 Å². The second kappa shape index (κ2) is 98.5. The van der Waals surface area contributed by atoms with E-state index in [1.165, 1.54) is 307 Å². The number of aliphatic carboxylic acids is 7. The van der Waals surface area contributed by atoms with Gasteiger partial charge in [-0.15, -0.1) is 0 Å². The third kappa shape index (κ3) is 105. The molecule has 0 radical (unpaired) electrons. The van der Waals surface area contributed by atoms with Gasteiger partial charge in [-0.3, -0.25) is 33.6 Å². The SMILES string of the molecule is CC(=O)OC(C)C(=O)O.CC(=O)OC(C)C(=O)OC(C)C(=O)O.CCCCCC(=O)OC(C)C(=O)O.CCCCCCCCCCCC(=O)OC(C)C(=O)O.CCCCCCCCCCCC(=O)OC(C)C(=O)OC(C)C(=O)O.CCCCCCCCCCCCCCCCCC(=O)OC(C)C(=O)O.CCCCCCCCCCCCCCCCCC(=O)OC(C)C(=O)OC(C)C(=O)O. The summed E-state index contributed by atoms with van der Waals surface area (Å²) in [6.45, 7) is 26.5. The van der Waals surface area contributed by atoms with Crippen molar-refractivity contribution in [3.05, 3.63) is 0 Å². The zero-order chi connectivity index (χ0) is 103. The molecular weight excluding hydrogens is 1750 g/mol. The van der Waals surface area contributed by atoms with Crippen LogP contribution in [0.5, 0.6) is 0 Å². The topological polar surface area (TPSA) is 524 Å². The Kier molecular flexibility index (Phi) is 101. The number of rotatable bonds is 76. The van der Waals surface area contributed by atoms with Gasteiger partial charge in [-0.25, -0.2) is 47.9 Å². The van der Waals surface area contributed by atoms with E-state index < -0.39 is 163 Å². The molecule has 0 aromatic carbocycles. The van der Waals surface area contributed by atoms with E-state index in [0.717, 1.165) is 103 Å². The van der Waals surface area contributed by atoms with Gasteiger partial charge in [0.05, 0.1) is 0 Å². The fourth-order valence-corrected chi connectivity index (χ4v) is 12.0. The van der Waals surface area contributed by atoms with Crippen molar-refractivity contribution in [3.63, 3.8) is 0 Å². The van der Waals surface area contributed by atoms with Gasteiger partial charge in [0, 0.05) is 46.0 Å². The predicted octanol–water partition coefficient (Wildman–Crippen LogP) is 21.8. The standard InChI is InChI=1S/C24H44O6.C21H40O4.C18H32O6.C15H28O4.C9H16O4.C8H12O6.C5H8O4/c1-4-5-6-7-8-9-10-11-12-13-14-15-16-17-18-19-22(25)29-21(3)24(28)30-20(2)23(26)27;1-3-4-5-6-7-8-9-10-11-12-13-14-15-16-17-18-20(22)25-19(2)21(23)24;1-4-5-6-7-8-9-10-11-12-13-16(19)23-15(3)18(22)24-14(2)17(20)21;1-3-4-5-6-7-8-9-10-11-12-14(16)19-13(2)15(17)18;1-3-4-5-6-8(10)13-7(2)9(11)12;1-4(7(10)11)14-8(12)5(2)13-6(3)9;1-3(5(7)8)9-4(2)6/h20-21H,4-19H2,1-3H3,(H,26,27);19H,3-18H2,1-2H3,(H,23,24);14-15H,4-13H2,1-3H3,(H,20,21);13H,3-12H2,1-2H3,(H,17,18);7H,3-6H2,1-2H3,(H,11,12);4-5H,1-3H3,(H,10,11);3H,1-2H3,(H,7,8). The van der Waals surface area contributed by atoms with Gasteiger partial charge in [-0.05, 0) is 101 Å². The van der Waals surface area contributed by atoms with Crippen molar-refractivity contribution < 1.29 is 165 Å². The van der Waals surface area contributed by atoms with Crippen molar-refractivity contribution in [1.29, 1.82) is 0 Å².